The van der Waals surface area contributed by atoms with Crippen molar-refractivity contribution in [3.05, 3.63) is 115 Å². The van der Waals surface area contributed by atoms with Crippen LogP contribution in [0, 0.1) is 15.9 Å². The molecule has 0 N–H and O–H groups in total. The number of carbonyl (C=O) groups is 2. The van der Waals surface area contributed by atoms with Crippen LogP contribution in [0.3, 0.4) is 0 Å². The molecule has 0 unspecified atom stereocenters. The van der Waals surface area contributed by atoms with Gasteiger partial charge in [0.1, 0.15) is 5.82 Å². The fraction of sp³-hybridized carbons (Fsp3) is 0.0769. The van der Waals surface area contributed by atoms with Gasteiger partial charge in [0.05, 0.1) is 16.4 Å². The quantitative estimate of drug-likeness (QED) is 0.161. The molecule has 180 valence electrons. The van der Waals surface area contributed by atoms with Crippen molar-refractivity contribution in [1.29, 1.82) is 0 Å². The summed E-state index contributed by atoms with van der Waals surface area (Å²) in [6.45, 7) is 0.417. The number of rotatable bonds is 6. The van der Waals surface area contributed by atoms with Crippen molar-refractivity contribution in [3.63, 3.8) is 0 Å². The van der Waals surface area contributed by atoms with Crippen LogP contribution in [0.4, 0.5) is 14.9 Å². The Bertz CT molecular complexity index is 1570. The summed E-state index contributed by atoms with van der Waals surface area (Å²) in [4.78, 5) is 37.4. The highest BCUT2D eigenvalue weighted by Crippen LogP contribution is 2.35. The summed E-state index contributed by atoms with van der Waals surface area (Å²) in [7, 11) is 0. The van der Waals surface area contributed by atoms with Crippen LogP contribution < -0.4 is 0 Å². The number of halogens is 2. The number of nitrogens with zero attached hydrogens (tertiary/aromatic N) is 3. The summed E-state index contributed by atoms with van der Waals surface area (Å²) in [5.74, 6) is -0.840. The van der Waals surface area contributed by atoms with Gasteiger partial charge < -0.3 is 4.57 Å². The molecule has 0 aliphatic carbocycles. The lowest BCUT2D eigenvalue weighted by Gasteiger charge is -2.12. The van der Waals surface area contributed by atoms with Crippen LogP contribution in [-0.2, 0) is 17.9 Å². The highest BCUT2D eigenvalue weighted by atomic mass is 35.5. The first-order valence-corrected chi connectivity index (χ1v) is 12.0. The van der Waals surface area contributed by atoms with Gasteiger partial charge in [-0.1, -0.05) is 48.0 Å². The number of nitro benzene ring substituents is 1. The van der Waals surface area contributed by atoms with Crippen molar-refractivity contribution in [2.75, 3.05) is 0 Å². The molecule has 0 radical (unpaired) electrons. The molecule has 0 bridgehead atoms. The van der Waals surface area contributed by atoms with Crippen LogP contribution in [0.25, 0.3) is 17.0 Å². The zero-order chi connectivity index (χ0) is 25.4. The molecule has 1 aliphatic heterocycles. The molecule has 1 aliphatic rings. The third kappa shape index (κ3) is 4.62. The number of nitro groups is 1. The van der Waals surface area contributed by atoms with Crippen LogP contribution in [0.1, 0.15) is 16.7 Å². The minimum absolute atomic E-state index is 0.0187. The van der Waals surface area contributed by atoms with E-state index in [0.717, 1.165) is 38.7 Å². The molecule has 2 heterocycles. The summed E-state index contributed by atoms with van der Waals surface area (Å²) in [5, 5.41) is 11.7. The summed E-state index contributed by atoms with van der Waals surface area (Å²) >= 11 is 7.08. The Morgan fingerprint density at radius 3 is 2.50 bits per heavy atom. The zero-order valence-electron chi connectivity index (χ0n) is 18.6. The molecule has 10 heteroatoms. The third-order valence-corrected chi connectivity index (χ3v) is 7.08. The Morgan fingerprint density at radius 1 is 1.03 bits per heavy atom. The Hall–Kier alpha value is -3.95. The van der Waals surface area contributed by atoms with Crippen LogP contribution in [0.15, 0.2) is 77.8 Å². The average molecular weight is 522 g/mol. The molecule has 1 fully saturated rings. The minimum Gasteiger partial charge on any atom is -0.342 e. The first-order chi connectivity index (χ1) is 17.3. The van der Waals surface area contributed by atoms with E-state index in [4.69, 9.17) is 11.6 Å². The molecular weight excluding hydrogens is 505 g/mol. The molecule has 0 saturated carbocycles. The largest absolute Gasteiger partial charge is 0.342 e. The lowest BCUT2D eigenvalue weighted by molar-refractivity contribution is -0.384. The highest BCUT2D eigenvalue weighted by molar-refractivity contribution is 8.18. The third-order valence-electron chi connectivity index (χ3n) is 5.82. The first-order valence-electron chi connectivity index (χ1n) is 10.8. The van der Waals surface area contributed by atoms with E-state index in [9.17, 15) is 24.1 Å². The van der Waals surface area contributed by atoms with Gasteiger partial charge in [-0.25, -0.2) is 4.39 Å². The van der Waals surface area contributed by atoms with Crippen molar-refractivity contribution in [2.24, 2.45) is 0 Å². The number of thioether (sulfide) groups is 1. The summed E-state index contributed by atoms with van der Waals surface area (Å²) in [6.07, 6.45) is 3.56. The summed E-state index contributed by atoms with van der Waals surface area (Å²) in [5.41, 5.74) is 2.94. The molecule has 7 nitrogen and oxygen atoms in total. The van der Waals surface area contributed by atoms with Gasteiger partial charge in [0.25, 0.3) is 16.8 Å². The van der Waals surface area contributed by atoms with Gasteiger partial charge in [0, 0.05) is 46.4 Å². The lowest BCUT2D eigenvalue weighted by atomic mass is 10.1. The van der Waals surface area contributed by atoms with Crippen LogP contribution in [-0.4, -0.2) is 25.5 Å². The van der Waals surface area contributed by atoms with Gasteiger partial charge in [0.2, 0.25) is 0 Å². The number of fused-ring (bicyclic) bond motifs is 1. The fourth-order valence-electron chi connectivity index (χ4n) is 4.04. The maximum Gasteiger partial charge on any atom is 0.293 e. The monoisotopic (exact) mass is 521 g/mol. The van der Waals surface area contributed by atoms with E-state index in [1.165, 1.54) is 36.4 Å². The highest BCUT2D eigenvalue weighted by Gasteiger charge is 2.35. The second-order valence-corrected chi connectivity index (χ2v) is 9.56. The summed E-state index contributed by atoms with van der Waals surface area (Å²) in [6, 6.07) is 17.6. The molecule has 0 spiro atoms. The van der Waals surface area contributed by atoms with Gasteiger partial charge in [-0.15, -0.1) is 0 Å². The topological polar surface area (TPSA) is 85.5 Å². The Morgan fingerprint density at radius 2 is 1.78 bits per heavy atom. The van der Waals surface area contributed by atoms with Crippen molar-refractivity contribution in [3.8, 4) is 0 Å². The number of benzene rings is 3. The van der Waals surface area contributed by atoms with Crippen LogP contribution in [0.2, 0.25) is 5.02 Å². The van der Waals surface area contributed by atoms with Crippen molar-refractivity contribution < 1.29 is 18.9 Å². The molecule has 2 amide bonds. The number of aromatic nitrogens is 1. The first kappa shape index (κ1) is 23.8. The van der Waals surface area contributed by atoms with Crippen molar-refractivity contribution in [1.82, 2.24) is 9.47 Å². The number of carbonyl (C=O) groups excluding carboxylic acids is 2. The second-order valence-electron chi connectivity index (χ2n) is 8.16. The zero-order valence-corrected chi connectivity index (χ0v) is 20.1. The molecule has 1 saturated heterocycles. The van der Waals surface area contributed by atoms with Gasteiger partial charge in [-0.2, -0.15) is 0 Å². The smallest absolute Gasteiger partial charge is 0.293 e. The number of amides is 2. The normalized spacial score (nSPS) is 14.8. The second kappa shape index (κ2) is 9.60. The molecule has 5 rings (SSSR count). The van der Waals surface area contributed by atoms with E-state index < -0.39 is 21.9 Å². The Labute approximate surface area is 213 Å². The number of para-hydroxylation sites is 1. The maximum atomic E-state index is 13.5. The average Bonchev–Trinajstić information content (AvgIpc) is 3.33. The molecule has 36 heavy (non-hydrogen) atoms. The van der Waals surface area contributed by atoms with E-state index in [-0.39, 0.29) is 17.1 Å². The maximum absolute atomic E-state index is 13.5. The molecule has 1 aromatic heterocycles. The van der Waals surface area contributed by atoms with E-state index in [2.05, 4.69) is 0 Å². The number of hydrogen-bond acceptors (Lipinski definition) is 5. The van der Waals surface area contributed by atoms with Crippen LogP contribution >= 0.6 is 23.4 Å². The standard InChI is InChI=1S/C26H17ClFN3O4S/c27-22-12-19(28)8-7-17(22)14-29-15-18(21-3-1-2-4-23(21)29)11-24-25(32)30(26(33)36-24)13-16-5-9-20(10-6-16)31(34)35/h1-12,15H,13-14H2. The number of hydrogen-bond donors (Lipinski definition) is 0. The van der Waals surface area contributed by atoms with Gasteiger partial charge in [-0.05, 0) is 47.2 Å². The van der Waals surface area contributed by atoms with E-state index in [0.29, 0.717) is 17.1 Å². The molecule has 0 atom stereocenters. The molecular formula is C26H17ClFN3O4S. The lowest BCUT2D eigenvalue weighted by Crippen LogP contribution is -2.27. The Balaban J connectivity index is 1.43. The van der Waals surface area contributed by atoms with Gasteiger partial charge in [-0.3, -0.25) is 24.6 Å². The SMILES string of the molecule is O=C1SC(=Cc2cn(Cc3ccc(F)cc3Cl)c3ccccc23)C(=O)N1Cc1ccc([N+](=O)[O-])cc1. The number of imide groups is 1. The predicted molar refractivity (Wildman–Crippen MR) is 137 cm³/mol. The van der Waals surface area contributed by atoms with Gasteiger partial charge >= 0.3 is 0 Å². The minimum atomic E-state index is -0.507. The van der Waals surface area contributed by atoms with Crippen molar-refractivity contribution >= 4 is 57.2 Å². The summed E-state index contributed by atoms with van der Waals surface area (Å²) < 4.78 is 15.4. The van der Waals surface area contributed by atoms with E-state index >= 15 is 0 Å². The van der Waals surface area contributed by atoms with Crippen molar-refractivity contribution in [2.45, 2.75) is 13.1 Å². The van der Waals surface area contributed by atoms with E-state index in [1.54, 1.807) is 12.1 Å². The predicted octanol–water partition coefficient (Wildman–Crippen LogP) is 6.63. The fourth-order valence-corrected chi connectivity index (χ4v) is 5.09. The Kier molecular flexibility index (Phi) is 6.34. The van der Waals surface area contributed by atoms with Gasteiger partial charge in [0.15, 0.2) is 0 Å². The molecule has 3 aromatic carbocycles. The van der Waals surface area contributed by atoms with E-state index in [1.807, 2.05) is 35.0 Å². The number of non-ortho nitro benzene ring substituents is 1. The molecule has 4 aromatic rings. The van der Waals surface area contributed by atoms with Crippen LogP contribution in [0.5, 0.6) is 0 Å².